The Balaban J connectivity index is 2.12. The minimum absolute atomic E-state index is 0.139. The maximum Gasteiger partial charge on any atom is 0.252 e. The Morgan fingerprint density at radius 3 is 2.41 bits per heavy atom. The van der Waals surface area contributed by atoms with E-state index in [1.807, 2.05) is 26.0 Å². The van der Waals surface area contributed by atoms with Gasteiger partial charge in [0.15, 0.2) is 0 Å². The number of terminal acetylenes is 1. The van der Waals surface area contributed by atoms with Crippen molar-refractivity contribution in [2.45, 2.75) is 45.1 Å². The summed E-state index contributed by atoms with van der Waals surface area (Å²) in [5, 5.41) is 2.94. The largest absolute Gasteiger partial charge is 0.336 e. The highest BCUT2D eigenvalue weighted by Crippen LogP contribution is 2.22. The minimum Gasteiger partial charge on any atom is -0.336 e. The lowest BCUT2D eigenvalue weighted by molar-refractivity contribution is -0.117. The van der Waals surface area contributed by atoms with Gasteiger partial charge in [-0.3, -0.25) is 9.59 Å². The van der Waals surface area contributed by atoms with Crippen molar-refractivity contribution in [1.82, 2.24) is 5.32 Å². The van der Waals surface area contributed by atoms with Crippen molar-refractivity contribution in [2.75, 3.05) is 11.4 Å². The van der Waals surface area contributed by atoms with Crippen LogP contribution >= 0.6 is 0 Å². The van der Waals surface area contributed by atoms with Gasteiger partial charge in [-0.1, -0.05) is 19.8 Å². The van der Waals surface area contributed by atoms with Crippen LogP contribution in [-0.2, 0) is 4.79 Å². The summed E-state index contributed by atoms with van der Waals surface area (Å²) in [6.07, 6.45) is 8.43. The molecule has 116 valence electrons. The van der Waals surface area contributed by atoms with Crippen molar-refractivity contribution in [3.63, 3.8) is 0 Å². The Hall–Kier alpha value is -2.28. The quantitative estimate of drug-likeness (QED) is 0.850. The second kappa shape index (κ2) is 6.65. The summed E-state index contributed by atoms with van der Waals surface area (Å²) < 4.78 is 0. The molecule has 1 saturated heterocycles. The van der Waals surface area contributed by atoms with Crippen LogP contribution in [0.25, 0.3) is 0 Å². The molecule has 0 bridgehead atoms. The molecule has 1 N–H and O–H groups in total. The van der Waals surface area contributed by atoms with Gasteiger partial charge in [-0.15, -0.1) is 6.42 Å². The average Bonchev–Trinajstić information content (AvgIpc) is 2.99. The molecule has 4 heteroatoms. The molecule has 0 aromatic heterocycles. The van der Waals surface area contributed by atoms with Crippen molar-refractivity contribution >= 4 is 17.5 Å². The van der Waals surface area contributed by atoms with Crippen LogP contribution in [0.2, 0.25) is 0 Å². The van der Waals surface area contributed by atoms with Crippen LogP contribution in [0.15, 0.2) is 24.3 Å². The molecule has 2 amide bonds. The van der Waals surface area contributed by atoms with Crippen LogP contribution in [0.3, 0.4) is 0 Å². The summed E-state index contributed by atoms with van der Waals surface area (Å²) in [4.78, 5) is 25.8. The Morgan fingerprint density at radius 2 is 1.95 bits per heavy atom. The molecule has 1 aromatic carbocycles. The second-order valence-electron chi connectivity index (χ2n) is 5.58. The molecular formula is C18H22N2O2. The fourth-order valence-corrected chi connectivity index (χ4v) is 2.67. The molecule has 0 aliphatic carbocycles. The Bertz CT molecular complexity index is 595. The van der Waals surface area contributed by atoms with Crippen LogP contribution in [0.5, 0.6) is 0 Å². The van der Waals surface area contributed by atoms with E-state index in [4.69, 9.17) is 6.42 Å². The van der Waals surface area contributed by atoms with Gasteiger partial charge in [0.2, 0.25) is 5.91 Å². The lowest BCUT2D eigenvalue weighted by atomic mass is 9.93. The lowest BCUT2D eigenvalue weighted by Gasteiger charge is -2.27. The van der Waals surface area contributed by atoms with E-state index in [9.17, 15) is 9.59 Å². The van der Waals surface area contributed by atoms with E-state index in [0.29, 0.717) is 24.8 Å². The molecule has 0 radical (unpaired) electrons. The van der Waals surface area contributed by atoms with Gasteiger partial charge in [0, 0.05) is 24.2 Å². The van der Waals surface area contributed by atoms with E-state index in [-0.39, 0.29) is 11.8 Å². The van der Waals surface area contributed by atoms with Crippen molar-refractivity contribution < 1.29 is 9.59 Å². The number of rotatable bonds is 5. The monoisotopic (exact) mass is 298 g/mol. The van der Waals surface area contributed by atoms with Gasteiger partial charge in [-0.2, -0.15) is 0 Å². The second-order valence-corrected chi connectivity index (χ2v) is 5.58. The Labute approximate surface area is 131 Å². The molecule has 0 atom stereocenters. The number of carbonyl (C=O) groups excluding carboxylic acids is 2. The number of benzene rings is 1. The highest BCUT2D eigenvalue weighted by molar-refractivity contribution is 5.97. The molecule has 1 aliphatic heterocycles. The first kappa shape index (κ1) is 16.1. The summed E-state index contributed by atoms with van der Waals surface area (Å²) in [5.41, 5.74) is 0.797. The third-order valence-electron chi connectivity index (χ3n) is 4.35. The maximum atomic E-state index is 12.3. The number of hydrogen-bond donors (Lipinski definition) is 1. The molecule has 2 rings (SSSR count). The van der Waals surface area contributed by atoms with Crippen LogP contribution in [0.4, 0.5) is 5.69 Å². The third-order valence-corrected chi connectivity index (χ3v) is 4.35. The number of amides is 2. The molecule has 1 fully saturated rings. The van der Waals surface area contributed by atoms with Gasteiger partial charge in [-0.25, -0.2) is 0 Å². The highest BCUT2D eigenvalue weighted by atomic mass is 16.2. The third kappa shape index (κ3) is 3.14. The Morgan fingerprint density at radius 1 is 1.32 bits per heavy atom. The van der Waals surface area contributed by atoms with E-state index < -0.39 is 5.54 Å². The number of nitrogens with one attached hydrogen (secondary N) is 1. The van der Waals surface area contributed by atoms with Crippen LogP contribution in [0.1, 0.15) is 49.9 Å². The summed E-state index contributed by atoms with van der Waals surface area (Å²) in [6, 6.07) is 7.10. The van der Waals surface area contributed by atoms with Crippen molar-refractivity contribution in [2.24, 2.45) is 0 Å². The zero-order valence-electron chi connectivity index (χ0n) is 13.2. The van der Waals surface area contributed by atoms with E-state index in [0.717, 1.165) is 18.7 Å². The average molecular weight is 298 g/mol. The van der Waals surface area contributed by atoms with Gasteiger partial charge in [-0.05, 0) is 43.5 Å². The molecule has 0 saturated carbocycles. The van der Waals surface area contributed by atoms with Crippen LogP contribution in [0, 0.1) is 12.3 Å². The lowest BCUT2D eigenvalue weighted by Crippen LogP contribution is -2.46. The first-order valence-corrected chi connectivity index (χ1v) is 7.76. The SMILES string of the molecule is C#CC(CC)(CC)NC(=O)c1ccc(N2CCCC2=O)cc1. The van der Waals surface area contributed by atoms with E-state index in [1.54, 1.807) is 17.0 Å². The van der Waals surface area contributed by atoms with Gasteiger partial charge in [0.25, 0.3) is 5.91 Å². The zero-order chi connectivity index (χ0) is 16.2. The highest BCUT2D eigenvalue weighted by Gasteiger charge is 2.26. The van der Waals surface area contributed by atoms with E-state index >= 15 is 0 Å². The van der Waals surface area contributed by atoms with Gasteiger partial charge in [0.1, 0.15) is 5.54 Å². The molecule has 1 aromatic rings. The predicted molar refractivity (Wildman–Crippen MR) is 87.6 cm³/mol. The van der Waals surface area contributed by atoms with Crippen LogP contribution < -0.4 is 10.2 Å². The first-order chi connectivity index (χ1) is 10.5. The van der Waals surface area contributed by atoms with Crippen molar-refractivity contribution in [3.05, 3.63) is 29.8 Å². The summed E-state index contributed by atoms with van der Waals surface area (Å²) in [6.45, 7) is 4.67. The molecule has 22 heavy (non-hydrogen) atoms. The fraction of sp³-hybridized carbons (Fsp3) is 0.444. The molecule has 1 aliphatic rings. The summed E-state index contributed by atoms with van der Waals surface area (Å²) in [5.74, 6) is 2.65. The molecule has 0 spiro atoms. The smallest absolute Gasteiger partial charge is 0.252 e. The van der Waals surface area contributed by atoms with Gasteiger partial charge in [0.05, 0.1) is 0 Å². The fourth-order valence-electron chi connectivity index (χ4n) is 2.67. The topological polar surface area (TPSA) is 49.4 Å². The first-order valence-electron chi connectivity index (χ1n) is 7.76. The maximum absolute atomic E-state index is 12.3. The van der Waals surface area contributed by atoms with Crippen LogP contribution in [-0.4, -0.2) is 23.9 Å². The predicted octanol–water partition coefficient (Wildman–Crippen LogP) is 2.74. The minimum atomic E-state index is -0.597. The van der Waals surface area contributed by atoms with Crippen molar-refractivity contribution in [1.29, 1.82) is 0 Å². The number of hydrogen-bond acceptors (Lipinski definition) is 2. The van der Waals surface area contributed by atoms with Gasteiger partial charge >= 0.3 is 0 Å². The zero-order valence-corrected chi connectivity index (χ0v) is 13.2. The molecular weight excluding hydrogens is 276 g/mol. The number of carbonyl (C=O) groups is 2. The number of nitrogens with zero attached hydrogens (tertiary/aromatic N) is 1. The molecule has 4 nitrogen and oxygen atoms in total. The van der Waals surface area contributed by atoms with E-state index in [2.05, 4.69) is 11.2 Å². The normalized spacial score (nSPS) is 14.8. The summed E-state index contributed by atoms with van der Waals surface area (Å²) >= 11 is 0. The van der Waals surface area contributed by atoms with Gasteiger partial charge < -0.3 is 10.2 Å². The Kier molecular flexibility index (Phi) is 4.87. The molecule has 1 heterocycles. The number of anilines is 1. The van der Waals surface area contributed by atoms with Crippen molar-refractivity contribution in [3.8, 4) is 12.3 Å². The molecule has 0 unspecified atom stereocenters. The summed E-state index contributed by atoms with van der Waals surface area (Å²) in [7, 11) is 0. The standard InChI is InChI=1S/C18H22N2O2/c1-4-18(5-2,6-3)19-17(22)14-9-11-15(12-10-14)20-13-7-8-16(20)21/h1,9-12H,5-8,13H2,2-3H3,(H,19,22). The van der Waals surface area contributed by atoms with E-state index in [1.165, 1.54) is 0 Å².